The van der Waals surface area contributed by atoms with Gasteiger partial charge in [0, 0.05) is 37.3 Å². The summed E-state index contributed by atoms with van der Waals surface area (Å²) in [4.78, 5) is 28.4. The van der Waals surface area contributed by atoms with E-state index in [0.717, 1.165) is 44.9 Å². The second-order valence-electron chi connectivity index (χ2n) is 11.0. The van der Waals surface area contributed by atoms with E-state index >= 15 is 0 Å². The van der Waals surface area contributed by atoms with Crippen molar-refractivity contribution in [2.45, 2.75) is 96.4 Å². The maximum absolute atomic E-state index is 14.0. The minimum atomic E-state index is -0.399. The summed E-state index contributed by atoms with van der Waals surface area (Å²) in [5.74, 6) is 0.287. The van der Waals surface area contributed by atoms with Crippen LogP contribution in [0.5, 0.6) is 5.75 Å². The fourth-order valence-corrected chi connectivity index (χ4v) is 5.29. The molecule has 0 spiro atoms. The molecule has 1 aromatic rings. The Hall–Kier alpha value is -2.36. The fraction of sp³-hybridized carbons (Fsp3) is 0.724. The molecule has 1 heterocycles. The number of urea groups is 1. The van der Waals surface area contributed by atoms with Gasteiger partial charge < -0.3 is 35.4 Å². The molecule has 3 rings (SSSR count). The number of amides is 3. The van der Waals surface area contributed by atoms with Gasteiger partial charge in [0.15, 0.2) is 0 Å². The Morgan fingerprint density at radius 1 is 1.13 bits per heavy atom. The van der Waals surface area contributed by atoms with Crippen LogP contribution in [0.2, 0.25) is 0 Å². The third-order valence-corrected chi connectivity index (χ3v) is 7.66. The lowest BCUT2D eigenvalue weighted by atomic mass is 9.96. The Balaban J connectivity index is 1.89. The van der Waals surface area contributed by atoms with Gasteiger partial charge >= 0.3 is 6.03 Å². The molecule has 4 atom stereocenters. The smallest absolute Gasteiger partial charge is 0.319 e. The van der Waals surface area contributed by atoms with Gasteiger partial charge in [0.25, 0.3) is 5.91 Å². The normalized spacial score (nSPS) is 25.0. The van der Waals surface area contributed by atoms with Gasteiger partial charge in [0.1, 0.15) is 5.75 Å². The number of likely N-dealkylation sites (N-methyl/N-ethyl adjacent to an activating group) is 1. The number of hydrogen-bond donors (Lipinski definition) is 4. The number of anilines is 1. The van der Waals surface area contributed by atoms with Crippen LogP contribution in [0, 0.1) is 5.92 Å². The average molecular weight is 533 g/mol. The summed E-state index contributed by atoms with van der Waals surface area (Å²) < 4.78 is 12.5. The molecule has 1 aliphatic heterocycles. The summed E-state index contributed by atoms with van der Waals surface area (Å²) in [6.45, 7) is 7.51. The molecule has 0 radical (unpaired) electrons. The number of nitrogens with one attached hydrogen (secondary N) is 3. The first-order valence-corrected chi connectivity index (χ1v) is 14.4. The first-order valence-electron chi connectivity index (χ1n) is 14.4. The van der Waals surface area contributed by atoms with Crippen LogP contribution in [-0.4, -0.2) is 79.6 Å². The van der Waals surface area contributed by atoms with E-state index in [2.05, 4.69) is 22.9 Å². The van der Waals surface area contributed by atoms with Crippen molar-refractivity contribution in [2.24, 2.45) is 5.92 Å². The van der Waals surface area contributed by atoms with Crippen molar-refractivity contribution in [1.82, 2.24) is 15.5 Å². The lowest BCUT2D eigenvalue weighted by Gasteiger charge is -2.34. The van der Waals surface area contributed by atoms with Crippen LogP contribution in [0.4, 0.5) is 10.5 Å². The monoisotopic (exact) mass is 532 g/mol. The van der Waals surface area contributed by atoms with Crippen molar-refractivity contribution in [3.8, 4) is 5.75 Å². The van der Waals surface area contributed by atoms with Gasteiger partial charge in [0.05, 0.1) is 30.4 Å². The number of aliphatic hydroxyl groups is 1. The summed E-state index contributed by atoms with van der Waals surface area (Å²) in [6.07, 6.45) is 8.04. The minimum Gasteiger partial charge on any atom is -0.490 e. The Morgan fingerprint density at radius 3 is 2.58 bits per heavy atom. The third-order valence-electron chi connectivity index (χ3n) is 7.66. The second-order valence-corrected chi connectivity index (χ2v) is 11.0. The molecule has 38 heavy (non-hydrogen) atoms. The number of nitrogens with zero attached hydrogens (tertiary/aromatic N) is 1. The van der Waals surface area contributed by atoms with Crippen LogP contribution in [0.25, 0.3) is 0 Å². The molecule has 3 amide bonds. The lowest BCUT2D eigenvalue weighted by molar-refractivity contribution is -0.000451. The maximum Gasteiger partial charge on any atom is 0.319 e. The molecule has 0 unspecified atom stereocenters. The summed E-state index contributed by atoms with van der Waals surface area (Å²) >= 11 is 0. The van der Waals surface area contributed by atoms with Crippen molar-refractivity contribution >= 4 is 17.6 Å². The molecule has 1 aromatic carbocycles. The fourth-order valence-electron chi connectivity index (χ4n) is 5.29. The molecule has 1 fully saturated rings. The van der Waals surface area contributed by atoms with Gasteiger partial charge in [-0.05, 0) is 71.2 Å². The van der Waals surface area contributed by atoms with Gasteiger partial charge in [-0.2, -0.15) is 0 Å². The summed E-state index contributed by atoms with van der Waals surface area (Å²) in [5, 5.41) is 19.2. The number of aliphatic hydroxyl groups excluding tert-OH is 1. The zero-order valence-corrected chi connectivity index (χ0v) is 23.6. The van der Waals surface area contributed by atoms with Crippen LogP contribution in [0.15, 0.2) is 18.2 Å². The number of benzene rings is 1. The van der Waals surface area contributed by atoms with Gasteiger partial charge in [-0.3, -0.25) is 4.79 Å². The molecular formula is C29H48N4O5. The molecule has 9 nitrogen and oxygen atoms in total. The zero-order chi connectivity index (χ0) is 27.5. The molecule has 0 bridgehead atoms. The highest BCUT2D eigenvalue weighted by molar-refractivity contribution is 5.99. The molecule has 9 heteroatoms. The number of rotatable bonds is 6. The largest absolute Gasteiger partial charge is 0.490 e. The van der Waals surface area contributed by atoms with Crippen molar-refractivity contribution in [3.05, 3.63) is 23.8 Å². The second kappa shape index (κ2) is 15.3. The van der Waals surface area contributed by atoms with Crippen molar-refractivity contribution in [1.29, 1.82) is 0 Å². The van der Waals surface area contributed by atoms with Crippen LogP contribution >= 0.6 is 0 Å². The van der Waals surface area contributed by atoms with E-state index in [1.165, 1.54) is 6.42 Å². The topological polar surface area (TPSA) is 112 Å². The molecule has 0 saturated heterocycles. The molecule has 2 aliphatic rings. The van der Waals surface area contributed by atoms with E-state index in [9.17, 15) is 14.7 Å². The van der Waals surface area contributed by atoms with Gasteiger partial charge in [-0.15, -0.1) is 0 Å². The van der Waals surface area contributed by atoms with Crippen LogP contribution in [0.1, 0.15) is 82.5 Å². The lowest BCUT2D eigenvalue weighted by Crippen LogP contribution is -2.47. The Morgan fingerprint density at radius 2 is 1.87 bits per heavy atom. The first kappa shape index (κ1) is 30.2. The predicted octanol–water partition coefficient (Wildman–Crippen LogP) is 4.16. The number of carbonyl (C=O) groups excluding carboxylic acids is 2. The SMILES string of the molecule is CNC[C@H]1OCCCC[C@H](C)Oc2ccc(NC(=O)NC3CCCCC3)cc2C(=O)N([C@H](C)CO)C[C@H]1C. The van der Waals surface area contributed by atoms with Crippen molar-refractivity contribution < 1.29 is 24.2 Å². The van der Waals surface area contributed by atoms with E-state index in [1.54, 1.807) is 23.1 Å². The highest BCUT2D eigenvalue weighted by Gasteiger charge is 2.30. The maximum atomic E-state index is 14.0. The standard InChI is InChI=1S/C29H48N4O5/c1-20-18-33(21(2)19-34)28(35)25-16-24(32-29(36)31-23-11-6-5-7-12-23)13-14-26(25)38-22(3)10-8-9-15-37-27(20)17-30-4/h13-14,16,20-23,27,30,34H,5-12,15,17-19H2,1-4H3,(H2,31,32,36)/t20-,21-,22+,27-/m1/s1. The Labute approximate surface area is 228 Å². The Kier molecular flexibility index (Phi) is 12.1. The van der Waals surface area contributed by atoms with E-state index in [-0.39, 0.29) is 42.7 Å². The number of carbonyl (C=O) groups is 2. The van der Waals surface area contributed by atoms with Crippen molar-refractivity contribution in [3.63, 3.8) is 0 Å². The highest BCUT2D eigenvalue weighted by atomic mass is 16.5. The Bertz CT molecular complexity index is 892. The molecular weight excluding hydrogens is 484 g/mol. The molecule has 4 N–H and O–H groups in total. The van der Waals surface area contributed by atoms with E-state index < -0.39 is 6.04 Å². The third kappa shape index (κ3) is 8.85. The predicted molar refractivity (Wildman–Crippen MR) is 150 cm³/mol. The van der Waals surface area contributed by atoms with Crippen LogP contribution in [-0.2, 0) is 4.74 Å². The first-order chi connectivity index (χ1) is 18.3. The van der Waals surface area contributed by atoms with E-state index in [1.807, 2.05) is 20.9 Å². The molecule has 1 aliphatic carbocycles. The molecule has 1 saturated carbocycles. The van der Waals surface area contributed by atoms with Gasteiger partial charge in [-0.1, -0.05) is 26.2 Å². The number of ether oxygens (including phenoxy) is 2. The van der Waals surface area contributed by atoms with E-state index in [4.69, 9.17) is 9.47 Å². The quantitative estimate of drug-likeness (QED) is 0.438. The number of fused-ring (bicyclic) bond motifs is 1. The van der Waals surface area contributed by atoms with E-state index in [0.29, 0.717) is 36.7 Å². The average Bonchev–Trinajstić information content (AvgIpc) is 2.90. The summed E-state index contributed by atoms with van der Waals surface area (Å²) in [5.41, 5.74) is 0.909. The highest BCUT2D eigenvalue weighted by Crippen LogP contribution is 2.28. The zero-order valence-electron chi connectivity index (χ0n) is 23.6. The van der Waals surface area contributed by atoms with Gasteiger partial charge in [-0.25, -0.2) is 4.79 Å². The summed E-state index contributed by atoms with van der Waals surface area (Å²) in [7, 11) is 1.90. The minimum absolute atomic E-state index is 0.0363. The van der Waals surface area contributed by atoms with Crippen LogP contribution in [0.3, 0.4) is 0 Å². The molecule has 214 valence electrons. The molecule has 0 aromatic heterocycles. The number of hydrogen-bond acceptors (Lipinski definition) is 6. The van der Waals surface area contributed by atoms with Crippen molar-refractivity contribution in [2.75, 3.05) is 38.7 Å². The summed E-state index contributed by atoms with van der Waals surface area (Å²) in [6, 6.07) is 4.76. The van der Waals surface area contributed by atoms with Gasteiger partial charge in [0.2, 0.25) is 0 Å². The van der Waals surface area contributed by atoms with Crippen LogP contribution < -0.4 is 20.7 Å².